The number of halogens is 4. The average molecular weight is 298 g/mol. The van der Waals surface area contributed by atoms with Crippen LogP contribution in [0.15, 0.2) is 12.1 Å². The zero-order valence-electron chi connectivity index (χ0n) is 8.71. The van der Waals surface area contributed by atoms with Gasteiger partial charge in [0.15, 0.2) is 6.61 Å². The Labute approximate surface area is 110 Å². The number of nitrogens with one attached hydrogen (secondary N) is 1. The number of rotatable bonds is 1. The van der Waals surface area contributed by atoms with Gasteiger partial charge in [0, 0.05) is 10.6 Å². The van der Waals surface area contributed by atoms with E-state index < -0.39 is 30.4 Å². The van der Waals surface area contributed by atoms with Gasteiger partial charge in [-0.1, -0.05) is 23.2 Å². The van der Waals surface area contributed by atoms with E-state index in [-0.39, 0.29) is 15.6 Å². The molecule has 0 unspecified atom stereocenters. The number of phenolic OH excluding ortho intramolecular Hbond substituents is 1. The highest BCUT2D eigenvalue weighted by atomic mass is 35.5. The van der Waals surface area contributed by atoms with Crippen LogP contribution in [-0.4, -0.2) is 23.7 Å². The minimum atomic E-state index is -3.39. The molecule has 0 bridgehead atoms. The second kappa shape index (κ2) is 4.44. The summed E-state index contributed by atoms with van der Waals surface area (Å²) in [6.45, 7) is -1.08. The Kier molecular flexibility index (Phi) is 3.25. The molecule has 1 aliphatic rings. The van der Waals surface area contributed by atoms with E-state index in [1.54, 1.807) is 0 Å². The van der Waals surface area contributed by atoms with Gasteiger partial charge in [0.05, 0.1) is 5.02 Å². The Morgan fingerprint density at radius 1 is 1.44 bits per heavy atom. The molecule has 0 aliphatic carbocycles. The standard InChI is InChI=1S/C10H7Cl2F2NO3/c11-4-1-5(12)7(6(16)2-4)8-10(13,14)3-18-9(17)15-8/h1-2,8,16H,3H2,(H,15,17)/t8-/m1/s1. The molecule has 4 nitrogen and oxygen atoms in total. The number of alkyl carbamates (subject to hydrolysis) is 1. The summed E-state index contributed by atoms with van der Waals surface area (Å²) in [6.07, 6.45) is -1.00. The highest BCUT2D eigenvalue weighted by molar-refractivity contribution is 6.35. The Hall–Kier alpha value is -1.27. The van der Waals surface area contributed by atoms with Gasteiger partial charge in [0.1, 0.15) is 11.8 Å². The molecule has 1 amide bonds. The Bertz CT molecular complexity index is 487. The minimum Gasteiger partial charge on any atom is -0.507 e. The molecule has 0 saturated carbocycles. The molecule has 1 aromatic rings. The number of hydrogen-bond acceptors (Lipinski definition) is 3. The van der Waals surface area contributed by atoms with Gasteiger partial charge in [-0.3, -0.25) is 0 Å². The number of aromatic hydroxyl groups is 1. The largest absolute Gasteiger partial charge is 0.507 e. The van der Waals surface area contributed by atoms with Crippen molar-refractivity contribution in [3.05, 3.63) is 27.7 Å². The predicted molar refractivity (Wildman–Crippen MR) is 60.3 cm³/mol. The summed E-state index contributed by atoms with van der Waals surface area (Å²) in [4.78, 5) is 11.0. The van der Waals surface area contributed by atoms with E-state index in [2.05, 4.69) is 4.74 Å². The van der Waals surface area contributed by atoms with Crippen LogP contribution in [0.2, 0.25) is 10.0 Å². The Morgan fingerprint density at radius 2 is 2.11 bits per heavy atom. The van der Waals surface area contributed by atoms with Crippen molar-refractivity contribution < 1.29 is 23.4 Å². The summed E-state index contributed by atoms with van der Waals surface area (Å²) < 4.78 is 31.5. The van der Waals surface area contributed by atoms with E-state index >= 15 is 0 Å². The maximum Gasteiger partial charge on any atom is 0.408 e. The molecule has 0 spiro atoms. The van der Waals surface area contributed by atoms with E-state index in [0.717, 1.165) is 6.07 Å². The summed E-state index contributed by atoms with van der Waals surface area (Å²) in [5, 5.41) is 11.5. The lowest BCUT2D eigenvalue weighted by Crippen LogP contribution is -2.49. The first-order valence-electron chi connectivity index (χ1n) is 4.80. The van der Waals surface area contributed by atoms with Crippen LogP contribution in [0, 0.1) is 0 Å². The van der Waals surface area contributed by atoms with E-state index in [1.165, 1.54) is 6.07 Å². The van der Waals surface area contributed by atoms with Crippen molar-refractivity contribution in [2.45, 2.75) is 12.0 Å². The number of cyclic esters (lactones) is 1. The number of ether oxygens (including phenoxy) is 1. The van der Waals surface area contributed by atoms with Crippen LogP contribution < -0.4 is 5.32 Å². The molecular formula is C10H7Cl2F2NO3. The van der Waals surface area contributed by atoms with Gasteiger partial charge in [-0.15, -0.1) is 0 Å². The third-order valence-electron chi connectivity index (χ3n) is 2.44. The molecule has 1 heterocycles. The van der Waals surface area contributed by atoms with Gasteiger partial charge >= 0.3 is 12.0 Å². The average Bonchev–Trinajstić information content (AvgIpc) is 2.22. The third-order valence-corrected chi connectivity index (χ3v) is 2.97. The summed E-state index contributed by atoms with van der Waals surface area (Å²) >= 11 is 11.4. The van der Waals surface area contributed by atoms with Gasteiger partial charge in [-0.25, -0.2) is 13.6 Å². The molecule has 2 N–H and O–H groups in total. The third kappa shape index (κ3) is 2.30. The fourth-order valence-electron chi connectivity index (χ4n) is 1.65. The molecular weight excluding hydrogens is 291 g/mol. The second-order valence-electron chi connectivity index (χ2n) is 3.73. The zero-order chi connectivity index (χ0) is 13.5. The maximum atomic E-state index is 13.6. The van der Waals surface area contributed by atoms with Gasteiger partial charge in [-0.2, -0.15) is 0 Å². The monoisotopic (exact) mass is 297 g/mol. The minimum absolute atomic E-state index is 0.1000. The van der Waals surface area contributed by atoms with Crippen molar-refractivity contribution in [2.24, 2.45) is 0 Å². The van der Waals surface area contributed by atoms with Gasteiger partial charge in [0.2, 0.25) is 0 Å². The molecule has 1 atom stereocenters. The van der Waals surface area contributed by atoms with Crippen LogP contribution in [0.25, 0.3) is 0 Å². The van der Waals surface area contributed by atoms with Crippen LogP contribution in [0.3, 0.4) is 0 Å². The molecule has 2 rings (SSSR count). The first-order chi connectivity index (χ1) is 8.31. The summed E-state index contributed by atoms with van der Waals surface area (Å²) in [7, 11) is 0. The quantitative estimate of drug-likeness (QED) is 0.837. The highest BCUT2D eigenvalue weighted by Crippen LogP contribution is 2.42. The lowest BCUT2D eigenvalue weighted by atomic mass is 9.99. The summed E-state index contributed by atoms with van der Waals surface area (Å²) in [5.74, 6) is -3.90. The maximum absolute atomic E-state index is 13.6. The number of alkyl halides is 2. The van der Waals surface area contributed by atoms with E-state index in [9.17, 15) is 18.7 Å². The SMILES string of the molecule is O=C1N[C@H](c2c(O)cc(Cl)cc2Cl)C(F)(F)CO1. The lowest BCUT2D eigenvalue weighted by Gasteiger charge is -2.32. The molecule has 1 aromatic carbocycles. The normalized spacial score (nSPS) is 22.2. The number of amides is 1. The van der Waals surface area contributed by atoms with Crippen LogP contribution in [0.1, 0.15) is 11.6 Å². The Morgan fingerprint density at radius 3 is 2.72 bits per heavy atom. The van der Waals surface area contributed by atoms with Crippen LogP contribution in [-0.2, 0) is 4.74 Å². The van der Waals surface area contributed by atoms with Crippen LogP contribution in [0.5, 0.6) is 5.75 Å². The molecule has 0 aromatic heterocycles. The van der Waals surface area contributed by atoms with Crippen molar-refractivity contribution in [2.75, 3.05) is 6.61 Å². The summed E-state index contributed by atoms with van der Waals surface area (Å²) in [6, 6.07) is 0.514. The van der Waals surface area contributed by atoms with E-state index in [0.29, 0.717) is 0 Å². The smallest absolute Gasteiger partial charge is 0.408 e. The zero-order valence-corrected chi connectivity index (χ0v) is 10.2. The Balaban J connectivity index is 2.49. The number of carbonyl (C=O) groups is 1. The molecule has 1 saturated heterocycles. The summed E-state index contributed by atoms with van der Waals surface area (Å²) in [5.41, 5.74) is -0.289. The van der Waals surface area contributed by atoms with E-state index in [1.807, 2.05) is 5.32 Å². The van der Waals surface area contributed by atoms with Gasteiger partial charge < -0.3 is 15.2 Å². The lowest BCUT2D eigenvalue weighted by molar-refractivity contribution is -0.104. The van der Waals surface area contributed by atoms with E-state index in [4.69, 9.17) is 23.2 Å². The number of benzene rings is 1. The second-order valence-corrected chi connectivity index (χ2v) is 4.58. The molecule has 1 aliphatic heterocycles. The van der Waals surface area contributed by atoms with Crippen molar-refractivity contribution in [1.82, 2.24) is 5.32 Å². The van der Waals surface area contributed by atoms with Crippen molar-refractivity contribution in [3.8, 4) is 5.75 Å². The molecule has 18 heavy (non-hydrogen) atoms. The van der Waals surface area contributed by atoms with Crippen molar-refractivity contribution in [3.63, 3.8) is 0 Å². The molecule has 0 radical (unpaired) electrons. The molecule has 8 heteroatoms. The number of hydrogen-bond donors (Lipinski definition) is 2. The predicted octanol–water partition coefficient (Wildman–Crippen LogP) is 3.12. The number of phenols is 1. The fourth-order valence-corrected chi connectivity index (χ4v) is 2.24. The highest BCUT2D eigenvalue weighted by Gasteiger charge is 2.48. The van der Waals surface area contributed by atoms with Gasteiger partial charge in [-0.05, 0) is 12.1 Å². The first-order valence-corrected chi connectivity index (χ1v) is 5.56. The van der Waals surface area contributed by atoms with Crippen LogP contribution in [0.4, 0.5) is 13.6 Å². The molecule has 1 fully saturated rings. The van der Waals surface area contributed by atoms with Crippen molar-refractivity contribution >= 4 is 29.3 Å². The fraction of sp³-hybridized carbons (Fsp3) is 0.300. The van der Waals surface area contributed by atoms with Crippen LogP contribution >= 0.6 is 23.2 Å². The van der Waals surface area contributed by atoms with Crippen molar-refractivity contribution in [1.29, 1.82) is 0 Å². The molecule has 98 valence electrons. The first kappa shape index (κ1) is 13.2. The number of carbonyl (C=O) groups excluding carboxylic acids is 1. The van der Waals surface area contributed by atoms with Gasteiger partial charge in [0.25, 0.3) is 0 Å². The topological polar surface area (TPSA) is 58.6 Å².